The summed E-state index contributed by atoms with van der Waals surface area (Å²) < 4.78 is 19.4. The van der Waals surface area contributed by atoms with Crippen molar-refractivity contribution in [2.45, 2.75) is 64.7 Å². The molecule has 0 amide bonds. The van der Waals surface area contributed by atoms with Gasteiger partial charge in [0.05, 0.1) is 18.2 Å². The smallest absolute Gasteiger partial charge is 0.166 e. The topological polar surface area (TPSA) is 33.0 Å². The summed E-state index contributed by atoms with van der Waals surface area (Å²) in [5, 5.41) is 8.75. The summed E-state index contributed by atoms with van der Waals surface area (Å²) in [5.41, 5.74) is 0.332. The van der Waals surface area contributed by atoms with Crippen LogP contribution in [0.25, 0.3) is 0 Å². The van der Waals surface area contributed by atoms with E-state index in [1.807, 2.05) is 6.07 Å². The highest BCUT2D eigenvalue weighted by molar-refractivity contribution is 5.35. The van der Waals surface area contributed by atoms with E-state index in [0.29, 0.717) is 18.1 Å². The molecule has 0 bridgehead atoms. The highest BCUT2D eigenvalue weighted by Crippen LogP contribution is 2.32. The van der Waals surface area contributed by atoms with Gasteiger partial charge in [0.1, 0.15) is 0 Å². The third kappa shape index (κ3) is 5.86. The van der Waals surface area contributed by atoms with E-state index < -0.39 is 5.82 Å². The second-order valence-corrected chi connectivity index (χ2v) is 6.80. The zero-order chi connectivity index (χ0) is 16.5. The molecule has 1 aliphatic rings. The molecular formula is C20H28FNO. The summed E-state index contributed by atoms with van der Waals surface area (Å²) in [6.07, 6.45) is 11.7. The zero-order valence-corrected chi connectivity index (χ0v) is 14.2. The summed E-state index contributed by atoms with van der Waals surface area (Å²) in [6, 6.07) is 6.34. The van der Waals surface area contributed by atoms with Crippen molar-refractivity contribution in [1.29, 1.82) is 5.26 Å². The lowest BCUT2D eigenvalue weighted by atomic mass is 9.80. The minimum atomic E-state index is -0.436. The molecule has 0 radical (unpaired) electrons. The van der Waals surface area contributed by atoms with Gasteiger partial charge in [-0.2, -0.15) is 5.26 Å². The molecule has 0 unspecified atom stereocenters. The fourth-order valence-electron chi connectivity index (χ4n) is 3.44. The molecule has 3 heteroatoms. The van der Waals surface area contributed by atoms with E-state index in [1.165, 1.54) is 63.9 Å². The predicted octanol–water partition coefficient (Wildman–Crippen LogP) is 5.85. The van der Waals surface area contributed by atoms with Crippen LogP contribution in [0.5, 0.6) is 5.75 Å². The molecule has 1 aromatic rings. The highest BCUT2D eigenvalue weighted by atomic mass is 19.1. The number of ether oxygens (including phenoxy) is 1. The molecule has 1 aromatic carbocycles. The predicted molar refractivity (Wildman–Crippen MR) is 90.8 cm³/mol. The summed E-state index contributed by atoms with van der Waals surface area (Å²) >= 11 is 0. The van der Waals surface area contributed by atoms with Crippen LogP contribution in [-0.2, 0) is 0 Å². The fraction of sp³-hybridized carbons (Fsp3) is 0.650. The molecule has 0 saturated heterocycles. The Morgan fingerprint density at radius 2 is 1.87 bits per heavy atom. The first-order valence-corrected chi connectivity index (χ1v) is 9.05. The van der Waals surface area contributed by atoms with Crippen molar-refractivity contribution < 1.29 is 9.13 Å². The van der Waals surface area contributed by atoms with Gasteiger partial charge in [0, 0.05) is 0 Å². The fourth-order valence-corrected chi connectivity index (χ4v) is 3.44. The monoisotopic (exact) mass is 317 g/mol. The number of nitriles is 1. The van der Waals surface area contributed by atoms with Gasteiger partial charge < -0.3 is 4.74 Å². The van der Waals surface area contributed by atoms with Crippen molar-refractivity contribution in [3.05, 3.63) is 29.6 Å². The van der Waals surface area contributed by atoms with Crippen molar-refractivity contribution in [2.24, 2.45) is 11.8 Å². The second-order valence-electron chi connectivity index (χ2n) is 6.80. The van der Waals surface area contributed by atoms with Crippen LogP contribution in [-0.4, -0.2) is 6.61 Å². The Balaban J connectivity index is 1.68. The van der Waals surface area contributed by atoms with Crippen molar-refractivity contribution >= 4 is 0 Å². The van der Waals surface area contributed by atoms with Gasteiger partial charge >= 0.3 is 0 Å². The van der Waals surface area contributed by atoms with Gasteiger partial charge in [-0.15, -0.1) is 0 Å². The number of benzene rings is 1. The molecule has 1 saturated carbocycles. The second kappa shape index (κ2) is 9.55. The molecule has 1 fully saturated rings. The summed E-state index contributed by atoms with van der Waals surface area (Å²) in [6.45, 7) is 2.84. The minimum absolute atomic E-state index is 0.269. The Bertz CT molecular complexity index is 515. The maximum atomic E-state index is 13.8. The molecule has 0 spiro atoms. The van der Waals surface area contributed by atoms with Crippen LogP contribution < -0.4 is 4.74 Å². The van der Waals surface area contributed by atoms with Crippen LogP contribution in [0.3, 0.4) is 0 Å². The Labute approximate surface area is 139 Å². The molecule has 2 nitrogen and oxygen atoms in total. The van der Waals surface area contributed by atoms with E-state index in [9.17, 15) is 4.39 Å². The van der Waals surface area contributed by atoms with E-state index >= 15 is 0 Å². The Kier molecular flexibility index (Phi) is 7.39. The van der Waals surface area contributed by atoms with Crippen molar-refractivity contribution in [2.75, 3.05) is 6.61 Å². The van der Waals surface area contributed by atoms with Crippen molar-refractivity contribution in [3.63, 3.8) is 0 Å². The molecule has 0 aromatic heterocycles. The standard InChI is InChI=1S/C20H28FNO/c1-2-3-4-5-6-16-7-9-17(10-8-16)15-23-20-12-11-18(14-22)13-19(20)21/h11-13,16-17H,2-10,15H2,1H3. The molecule has 23 heavy (non-hydrogen) atoms. The third-order valence-electron chi connectivity index (χ3n) is 4.97. The van der Waals surface area contributed by atoms with E-state index in [1.54, 1.807) is 12.1 Å². The minimum Gasteiger partial charge on any atom is -0.490 e. The number of hydrogen-bond acceptors (Lipinski definition) is 2. The van der Waals surface area contributed by atoms with E-state index in [2.05, 4.69) is 6.92 Å². The van der Waals surface area contributed by atoms with Gasteiger partial charge in [-0.05, 0) is 42.9 Å². The van der Waals surface area contributed by atoms with Crippen molar-refractivity contribution in [3.8, 4) is 11.8 Å². The highest BCUT2D eigenvalue weighted by Gasteiger charge is 2.21. The van der Waals surface area contributed by atoms with Crippen LogP contribution in [0.15, 0.2) is 18.2 Å². The lowest BCUT2D eigenvalue weighted by Crippen LogP contribution is -2.20. The molecule has 2 rings (SSSR count). The number of hydrogen-bond donors (Lipinski definition) is 0. The average molecular weight is 317 g/mol. The largest absolute Gasteiger partial charge is 0.490 e. The number of nitrogens with zero attached hydrogens (tertiary/aromatic N) is 1. The maximum Gasteiger partial charge on any atom is 0.166 e. The molecule has 0 atom stereocenters. The third-order valence-corrected chi connectivity index (χ3v) is 4.97. The molecule has 0 aliphatic heterocycles. The number of halogens is 1. The first-order chi connectivity index (χ1) is 11.2. The lowest BCUT2D eigenvalue weighted by Gasteiger charge is -2.28. The van der Waals surface area contributed by atoms with Crippen LogP contribution >= 0.6 is 0 Å². The normalized spacial score (nSPS) is 20.9. The van der Waals surface area contributed by atoms with E-state index in [0.717, 1.165) is 5.92 Å². The van der Waals surface area contributed by atoms with Gasteiger partial charge in [-0.1, -0.05) is 51.9 Å². The number of unbranched alkanes of at least 4 members (excludes halogenated alkanes) is 3. The first kappa shape index (κ1) is 17.8. The van der Waals surface area contributed by atoms with Gasteiger partial charge in [0.2, 0.25) is 0 Å². The van der Waals surface area contributed by atoms with E-state index in [4.69, 9.17) is 10.00 Å². The molecule has 0 N–H and O–H groups in total. The van der Waals surface area contributed by atoms with Gasteiger partial charge in [-0.3, -0.25) is 0 Å². The molecular weight excluding hydrogens is 289 g/mol. The lowest BCUT2D eigenvalue weighted by molar-refractivity contribution is 0.173. The van der Waals surface area contributed by atoms with Crippen LogP contribution in [0.2, 0.25) is 0 Å². The van der Waals surface area contributed by atoms with Gasteiger partial charge in [0.15, 0.2) is 11.6 Å². The van der Waals surface area contributed by atoms with Crippen LogP contribution in [0.4, 0.5) is 4.39 Å². The average Bonchev–Trinajstić information content (AvgIpc) is 2.58. The summed E-state index contributed by atoms with van der Waals surface area (Å²) in [5.74, 6) is 1.26. The van der Waals surface area contributed by atoms with Gasteiger partial charge in [0.25, 0.3) is 0 Å². The Hall–Kier alpha value is -1.56. The quantitative estimate of drug-likeness (QED) is 0.563. The van der Waals surface area contributed by atoms with Gasteiger partial charge in [-0.25, -0.2) is 4.39 Å². The summed E-state index contributed by atoms with van der Waals surface area (Å²) in [4.78, 5) is 0. The molecule has 1 aliphatic carbocycles. The maximum absolute atomic E-state index is 13.8. The van der Waals surface area contributed by atoms with Crippen LogP contribution in [0, 0.1) is 29.0 Å². The Morgan fingerprint density at radius 3 is 2.52 bits per heavy atom. The molecule has 0 heterocycles. The SMILES string of the molecule is CCCCCCC1CCC(COc2ccc(C#N)cc2F)CC1. The first-order valence-electron chi connectivity index (χ1n) is 9.05. The molecule has 126 valence electrons. The summed E-state index contributed by atoms with van der Waals surface area (Å²) in [7, 11) is 0. The van der Waals surface area contributed by atoms with Crippen molar-refractivity contribution in [1.82, 2.24) is 0 Å². The van der Waals surface area contributed by atoms with Crippen LogP contribution in [0.1, 0.15) is 70.3 Å². The number of rotatable bonds is 8. The Morgan fingerprint density at radius 1 is 1.13 bits per heavy atom. The zero-order valence-electron chi connectivity index (χ0n) is 14.2. The van der Waals surface area contributed by atoms with E-state index in [-0.39, 0.29) is 5.75 Å².